The Morgan fingerprint density at radius 2 is 2.37 bits per heavy atom. The van der Waals surface area contributed by atoms with E-state index in [1.165, 1.54) is 21.8 Å². The highest BCUT2D eigenvalue weighted by molar-refractivity contribution is 9.11. The number of aromatic amines is 1. The van der Waals surface area contributed by atoms with Gasteiger partial charge in [0.15, 0.2) is 0 Å². The molecule has 0 bridgehead atoms. The monoisotopic (exact) mass is 350 g/mol. The van der Waals surface area contributed by atoms with E-state index in [2.05, 4.69) is 20.9 Å². The first kappa shape index (κ1) is 14.5. The smallest absolute Gasteiger partial charge is 0.330 e. The summed E-state index contributed by atoms with van der Waals surface area (Å²) in [5.74, 6) is 0. The Morgan fingerprint density at radius 3 is 2.95 bits per heavy atom. The molecule has 0 amide bonds. The summed E-state index contributed by atoms with van der Waals surface area (Å²) in [4.78, 5) is 27.0. The van der Waals surface area contributed by atoms with Crippen molar-refractivity contribution in [3.05, 3.63) is 37.6 Å². The van der Waals surface area contributed by atoms with Gasteiger partial charge in [-0.3, -0.25) is 14.3 Å². The topological polar surface area (TPSA) is 84.3 Å². The van der Waals surface area contributed by atoms with E-state index in [4.69, 9.17) is 21.4 Å². The highest BCUT2D eigenvalue weighted by Crippen LogP contribution is 2.30. The van der Waals surface area contributed by atoms with Crippen LogP contribution in [-0.2, 0) is 4.74 Å². The van der Waals surface area contributed by atoms with Crippen molar-refractivity contribution < 1.29 is 9.84 Å². The summed E-state index contributed by atoms with van der Waals surface area (Å²) < 4.78 is 6.76. The number of rotatable bonds is 3. The van der Waals surface area contributed by atoms with E-state index in [1.807, 2.05) is 0 Å². The Morgan fingerprint density at radius 1 is 1.63 bits per heavy atom. The molecule has 1 aromatic heterocycles. The standard InChI is InChI=1S/C11H12BrClN2O4/c12-2-1-6-4-15(11(18)14-10(6)17)9-3-7(13)8(5-16)19-9/h1-2,4,7-9,16H,3,5H2,(H,14,17,18)/b2-1+. The van der Waals surface area contributed by atoms with Crippen LogP contribution in [0.5, 0.6) is 0 Å². The molecule has 0 aliphatic carbocycles. The molecule has 1 aliphatic rings. The van der Waals surface area contributed by atoms with Gasteiger partial charge in [0.2, 0.25) is 0 Å². The van der Waals surface area contributed by atoms with Crippen LogP contribution in [0, 0.1) is 0 Å². The zero-order valence-corrected chi connectivity index (χ0v) is 12.1. The van der Waals surface area contributed by atoms with Crippen LogP contribution in [0.15, 0.2) is 20.8 Å². The first-order chi connectivity index (χ1) is 9.06. The molecule has 104 valence electrons. The molecule has 2 rings (SSSR count). The first-order valence-corrected chi connectivity index (χ1v) is 6.94. The molecular weight excluding hydrogens is 339 g/mol. The highest BCUT2D eigenvalue weighted by atomic mass is 79.9. The van der Waals surface area contributed by atoms with Crippen LogP contribution in [0.4, 0.5) is 0 Å². The van der Waals surface area contributed by atoms with Gasteiger partial charge in [0.25, 0.3) is 5.56 Å². The number of H-pyrrole nitrogens is 1. The lowest BCUT2D eigenvalue weighted by atomic mass is 10.2. The highest BCUT2D eigenvalue weighted by Gasteiger charge is 2.35. The Kier molecular flexibility index (Phi) is 4.62. The van der Waals surface area contributed by atoms with Gasteiger partial charge in [-0.1, -0.05) is 15.9 Å². The number of hydrogen-bond acceptors (Lipinski definition) is 4. The fourth-order valence-corrected chi connectivity index (χ4v) is 2.50. The fraction of sp³-hybridized carbons (Fsp3) is 0.455. The predicted molar refractivity (Wildman–Crippen MR) is 74.5 cm³/mol. The van der Waals surface area contributed by atoms with Crippen LogP contribution in [-0.4, -0.2) is 32.7 Å². The second-order valence-corrected chi connectivity index (χ2v) is 5.20. The van der Waals surface area contributed by atoms with Crippen LogP contribution in [0.25, 0.3) is 6.08 Å². The van der Waals surface area contributed by atoms with Gasteiger partial charge in [0, 0.05) is 12.6 Å². The van der Waals surface area contributed by atoms with Crippen molar-refractivity contribution in [2.45, 2.75) is 24.1 Å². The maximum atomic E-state index is 11.8. The summed E-state index contributed by atoms with van der Waals surface area (Å²) in [6.45, 7) is -0.211. The summed E-state index contributed by atoms with van der Waals surface area (Å²) in [6.07, 6.45) is 2.21. The number of aliphatic hydroxyl groups is 1. The van der Waals surface area contributed by atoms with E-state index < -0.39 is 23.6 Å². The molecule has 1 saturated heterocycles. The third-order valence-electron chi connectivity index (χ3n) is 2.89. The minimum Gasteiger partial charge on any atom is -0.394 e. The molecule has 3 unspecified atom stereocenters. The maximum absolute atomic E-state index is 11.8. The minimum atomic E-state index is -0.591. The van der Waals surface area contributed by atoms with Crippen molar-refractivity contribution in [2.75, 3.05) is 6.61 Å². The maximum Gasteiger partial charge on any atom is 0.330 e. The van der Waals surface area contributed by atoms with Gasteiger partial charge >= 0.3 is 5.69 Å². The molecule has 6 nitrogen and oxygen atoms in total. The summed E-state index contributed by atoms with van der Waals surface area (Å²) in [6, 6.07) is 0. The minimum absolute atomic E-state index is 0.211. The van der Waals surface area contributed by atoms with Gasteiger partial charge < -0.3 is 9.84 Å². The van der Waals surface area contributed by atoms with E-state index in [-0.39, 0.29) is 12.0 Å². The summed E-state index contributed by atoms with van der Waals surface area (Å²) in [5, 5.41) is 8.71. The van der Waals surface area contributed by atoms with E-state index in [0.717, 1.165) is 0 Å². The quantitative estimate of drug-likeness (QED) is 0.789. The Bertz CT molecular complexity index is 597. The van der Waals surface area contributed by atoms with Crippen molar-refractivity contribution in [1.82, 2.24) is 9.55 Å². The average Bonchev–Trinajstić information content (AvgIpc) is 2.74. The molecule has 8 heteroatoms. The van der Waals surface area contributed by atoms with Crippen molar-refractivity contribution in [1.29, 1.82) is 0 Å². The summed E-state index contributed by atoms with van der Waals surface area (Å²) in [7, 11) is 0. The van der Waals surface area contributed by atoms with Crippen molar-refractivity contribution >= 4 is 33.6 Å². The molecule has 2 N–H and O–H groups in total. The van der Waals surface area contributed by atoms with Crippen molar-refractivity contribution in [2.24, 2.45) is 0 Å². The number of nitrogens with one attached hydrogen (secondary N) is 1. The Balaban J connectivity index is 2.38. The van der Waals surface area contributed by atoms with E-state index in [1.54, 1.807) is 0 Å². The lowest BCUT2D eigenvalue weighted by molar-refractivity contribution is -0.0240. The lowest BCUT2D eigenvalue weighted by Gasteiger charge is -2.14. The SMILES string of the molecule is O=c1[nH]c(=O)n(C2CC(Cl)C(CO)O2)cc1/C=C/Br. The first-order valence-electron chi connectivity index (χ1n) is 5.59. The number of aromatic nitrogens is 2. The normalized spacial score (nSPS) is 27.2. The van der Waals surface area contributed by atoms with Crippen molar-refractivity contribution in [3.63, 3.8) is 0 Å². The largest absolute Gasteiger partial charge is 0.394 e. The zero-order valence-electron chi connectivity index (χ0n) is 9.75. The molecular formula is C11H12BrClN2O4. The van der Waals surface area contributed by atoms with Gasteiger partial charge in [-0.2, -0.15) is 0 Å². The van der Waals surface area contributed by atoms with E-state index in [9.17, 15) is 9.59 Å². The second-order valence-electron chi connectivity index (χ2n) is 4.11. The molecule has 0 aromatic carbocycles. The van der Waals surface area contributed by atoms with Gasteiger partial charge in [-0.05, 0) is 11.1 Å². The third kappa shape index (κ3) is 3.00. The van der Waals surface area contributed by atoms with Gasteiger partial charge in [-0.25, -0.2) is 4.79 Å². The van der Waals surface area contributed by atoms with Crippen LogP contribution in [0.3, 0.4) is 0 Å². The van der Waals surface area contributed by atoms with Crippen LogP contribution in [0.1, 0.15) is 18.2 Å². The molecule has 3 atom stereocenters. The molecule has 1 aliphatic heterocycles. The number of aliphatic hydroxyl groups excluding tert-OH is 1. The van der Waals surface area contributed by atoms with E-state index >= 15 is 0 Å². The Hall–Kier alpha value is -0.890. The summed E-state index contributed by atoms with van der Waals surface area (Å²) >= 11 is 9.08. The molecule has 2 heterocycles. The summed E-state index contributed by atoms with van der Waals surface area (Å²) in [5.41, 5.74) is -0.723. The van der Waals surface area contributed by atoms with Crippen LogP contribution >= 0.6 is 27.5 Å². The lowest BCUT2D eigenvalue weighted by Crippen LogP contribution is -2.33. The molecule has 1 aromatic rings. The Labute approximate surface area is 121 Å². The molecule has 19 heavy (non-hydrogen) atoms. The molecule has 0 spiro atoms. The van der Waals surface area contributed by atoms with Gasteiger partial charge in [-0.15, -0.1) is 11.6 Å². The average molecular weight is 352 g/mol. The number of halogens is 2. The number of hydrogen-bond donors (Lipinski definition) is 2. The number of alkyl halides is 1. The zero-order chi connectivity index (χ0) is 14.0. The molecule has 0 saturated carbocycles. The van der Waals surface area contributed by atoms with E-state index in [0.29, 0.717) is 12.0 Å². The fourth-order valence-electron chi connectivity index (χ4n) is 1.92. The predicted octanol–water partition coefficient (Wildman–Crippen LogP) is 0.789. The van der Waals surface area contributed by atoms with Crippen LogP contribution < -0.4 is 11.2 Å². The van der Waals surface area contributed by atoms with Gasteiger partial charge in [0.1, 0.15) is 6.23 Å². The van der Waals surface area contributed by atoms with Crippen molar-refractivity contribution in [3.8, 4) is 0 Å². The van der Waals surface area contributed by atoms with Gasteiger partial charge in [0.05, 0.1) is 23.7 Å². The van der Waals surface area contributed by atoms with Crippen LogP contribution in [0.2, 0.25) is 0 Å². The number of nitrogens with zero attached hydrogens (tertiary/aromatic N) is 1. The molecule has 1 fully saturated rings. The second kappa shape index (κ2) is 6.04. The third-order valence-corrected chi connectivity index (χ3v) is 3.61. The number of ether oxygens (including phenoxy) is 1. The molecule has 0 radical (unpaired) electrons.